The molecule has 0 amide bonds. The number of aromatic nitrogens is 2. The van der Waals surface area contributed by atoms with Gasteiger partial charge in [0, 0.05) is 25.7 Å². The Balaban J connectivity index is 2.07. The second-order valence-electron chi connectivity index (χ2n) is 4.95. The molecule has 2 heterocycles. The molecule has 1 atom stereocenters. The highest BCUT2D eigenvalue weighted by Crippen LogP contribution is 2.09. The first-order valence-corrected chi connectivity index (χ1v) is 6.72. The van der Waals surface area contributed by atoms with Gasteiger partial charge in [0.25, 0.3) is 5.56 Å². The minimum absolute atomic E-state index is 0.0100. The summed E-state index contributed by atoms with van der Waals surface area (Å²) in [5, 5.41) is 7.65. The van der Waals surface area contributed by atoms with Gasteiger partial charge in [0.15, 0.2) is 0 Å². The second kappa shape index (κ2) is 6.00. The van der Waals surface area contributed by atoms with E-state index >= 15 is 0 Å². The van der Waals surface area contributed by atoms with Gasteiger partial charge in [-0.1, -0.05) is 6.92 Å². The maximum atomic E-state index is 12.0. The zero-order chi connectivity index (χ0) is 13.0. The fraction of sp³-hybridized carbons (Fsp3) is 0.692. The van der Waals surface area contributed by atoms with E-state index in [2.05, 4.69) is 22.2 Å². The van der Waals surface area contributed by atoms with Crippen molar-refractivity contribution in [1.29, 1.82) is 0 Å². The minimum Gasteiger partial charge on any atom is -0.373 e. The van der Waals surface area contributed by atoms with Gasteiger partial charge in [0.05, 0.1) is 18.4 Å². The van der Waals surface area contributed by atoms with Crippen molar-refractivity contribution >= 4 is 5.69 Å². The van der Waals surface area contributed by atoms with Crippen LogP contribution < -0.4 is 15.8 Å². The molecule has 0 saturated carbocycles. The molecule has 1 aliphatic heterocycles. The maximum absolute atomic E-state index is 12.0. The molecule has 0 aromatic carbocycles. The Kier molecular flexibility index (Phi) is 4.36. The van der Waals surface area contributed by atoms with Crippen molar-refractivity contribution in [1.82, 2.24) is 15.1 Å². The van der Waals surface area contributed by atoms with Crippen molar-refractivity contribution in [2.24, 2.45) is 0 Å². The number of nitrogens with one attached hydrogen (secondary N) is 1. The zero-order valence-electron chi connectivity index (χ0n) is 11.2. The molecule has 1 saturated heterocycles. The summed E-state index contributed by atoms with van der Waals surface area (Å²) in [5.41, 5.74) is 0.890. The van der Waals surface area contributed by atoms with Gasteiger partial charge in [-0.15, -0.1) is 0 Å². The molecule has 1 fully saturated rings. The summed E-state index contributed by atoms with van der Waals surface area (Å²) in [7, 11) is 1.99. The Bertz CT molecular complexity index is 437. The average Bonchev–Trinajstić information content (AvgIpc) is 2.85. The van der Waals surface area contributed by atoms with E-state index in [1.807, 2.05) is 7.05 Å². The predicted octanol–water partition coefficient (Wildman–Crippen LogP) is 0.841. The van der Waals surface area contributed by atoms with E-state index in [0.717, 1.165) is 31.6 Å². The van der Waals surface area contributed by atoms with Crippen LogP contribution in [0.25, 0.3) is 0 Å². The second-order valence-corrected chi connectivity index (χ2v) is 4.95. The minimum atomic E-state index is -0.0100. The highest BCUT2D eigenvalue weighted by atomic mass is 16.1. The SMILES string of the molecule is CCCN(C)c1cnn(C[C@@H]2CCCN2)c(=O)c1. The van der Waals surface area contributed by atoms with Crippen LogP contribution >= 0.6 is 0 Å². The first kappa shape index (κ1) is 13.1. The van der Waals surface area contributed by atoms with Crippen LogP contribution in [-0.2, 0) is 6.54 Å². The molecule has 100 valence electrons. The largest absolute Gasteiger partial charge is 0.373 e. The maximum Gasteiger partial charge on any atom is 0.268 e. The van der Waals surface area contributed by atoms with Crippen LogP contribution in [0.2, 0.25) is 0 Å². The van der Waals surface area contributed by atoms with Gasteiger partial charge >= 0.3 is 0 Å². The normalized spacial score (nSPS) is 19.1. The molecule has 1 aliphatic rings. The standard InChI is InChI=1S/C13H22N4O/c1-3-7-16(2)12-8-13(18)17(15-9-12)10-11-5-4-6-14-11/h8-9,11,14H,3-7,10H2,1-2H3/t11-/m0/s1. The monoisotopic (exact) mass is 250 g/mol. The molecule has 5 heteroatoms. The highest BCUT2D eigenvalue weighted by Gasteiger charge is 2.15. The summed E-state index contributed by atoms with van der Waals surface area (Å²) in [4.78, 5) is 14.0. The molecule has 1 aromatic rings. The van der Waals surface area contributed by atoms with Gasteiger partial charge in [-0.25, -0.2) is 4.68 Å². The Morgan fingerprint density at radius 3 is 3.06 bits per heavy atom. The molecule has 2 rings (SSSR count). The predicted molar refractivity (Wildman–Crippen MR) is 73.1 cm³/mol. The van der Waals surface area contributed by atoms with Gasteiger partial charge in [0.1, 0.15) is 0 Å². The van der Waals surface area contributed by atoms with Crippen molar-refractivity contribution in [3.05, 3.63) is 22.6 Å². The Hall–Kier alpha value is -1.36. The molecule has 0 aliphatic carbocycles. The van der Waals surface area contributed by atoms with Crippen LogP contribution in [0, 0.1) is 0 Å². The smallest absolute Gasteiger partial charge is 0.268 e. The van der Waals surface area contributed by atoms with Crippen molar-refractivity contribution in [2.75, 3.05) is 25.0 Å². The van der Waals surface area contributed by atoms with E-state index in [1.165, 1.54) is 6.42 Å². The van der Waals surface area contributed by atoms with E-state index in [0.29, 0.717) is 12.6 Å². The Morgan fingerprint density at radius 2 is 2.44 bits per heavy atom. The van der Waals surface area contributed by atoms with Gasteiger partial charge in [-0.3, -0.25) is 4.79 Å². The highest BCUT2D eigenvalue weighted by molar-refractivity contribution is 5.41. The quantitative estimate of drug-likeness (QED) is 0.841. The molecule has 0 spiro atoms. The fourth-order valence-corrected chi connectivity index (χ4v) is 2.36. The van der Waals surface area contributed by atoms with Crippen LogP contribution in [-0.4, -0.2) is 36.0 Å². The lowest BCUT2D eigenvalue weighted by atomic mass is 10.2. The number of rotatable bonds is 5. The zero-order valence-corrected chi connectivity index (χ0v) is 11.2. The van der Waals surface area contributed by atoms with Crippen molar-refractivity contribution in [3.8, 4) is 0 Å². The third-order valence-corrected chi connectivity index (χ3v) is 3.41. The molecular formula is C13H22N4O. The molecule has 5 nitrogen and oxygen atoms in total. The third kappa shape index (κ3) is 3.10. The lowest BCUT2D eigenvalue weighted by Gasteiger charge is -2.18. The van der Waals surface area contributed by atoms with Crippen molar-refractivity contribution in [2.45, 2.75) is 38.8 Å². The molecule has 18 heavy (non-hydrogen) atoms. The van der Waals surface area contributed by atoms with Crippen LogP contribution in [0.3, 0.4) is 0 Å². The molecule has 0 unspecified atom stereocenters. The Labute approximate surface area is 108 Å². The third-order valence-electron chi connectivity index (χ3n) is 3.41. The van der Waals surface area contributed by atoms with Crippen LogP contribution in [0.5, 0.6) is 0 Å². The first-order valence-electron chi connectivity index (χ1n) is 6.72. The van der Waals surface area contributed by atoms with Crippen molar-refractivity contribution in [3.63, 3.8) is 0 Å². The number of hydrogen-bond donors (Lipinski definition) is 1. The summed E-state index contributed by atoms with van der Waals surface area (Å²) in [6, 6.07) is 2.08. The lowest BCUT2D eigenvalue weighted by Crippen LogP contribution is -2.34. The van der Waals surface area contributed by atoms with E-state index < -0.39 is 0 Å². The molecule has 1 N–H and O–H groups in total. The van der Waals surface area contributed by atoms with E-state index in [4.69, 9.17) is 0 Å². The van der Waals surface area contributed by atoms with Gasteiger partial charge in [-0.2, -0.15) is 5.10 Å². The summed E-state index contributed by atoms with van der Waals surface area (Å²) < 4.78 is 1.56. The molecule has 1 aromatic heterocycles. The number of anilines is 1. The Morgan fingerprint density at radius 1 is 1.61 bits per heavy atom. The average molecular weight is 250 g/mol. The van der Waals surface area contributed by atoms with Gasteiger partial charge in [0.2, 0.25) is 0 Å². The summed E-state index contributed by atoms with van der Waals surface area (Å²) >= 11 is 0. The first-order chi connectivity index (χ1) is 8.70. The topological polar surface area (TPSA) is 50.2 Å². The molecule has 0 bridgehead atoms. The van der Waals surface area contributed by atoms with Crippen molar-refractivity contribution < 1.29 is 0 Å². The summed E-state index contributed by atoms with van der Waals surface area (Å²) in [6.07, 6.45) is 5.17. The van der Waals surface area contributed by atoms with Crippen LogP contribution in [0.4, 0.5) is 5.69 Å². The number of hydrogen-bond acceptors (Lipinski definition) is 4. The molecule has 0 radical (unpaired) electrons. The van der Waals surface area contributed by atoms with E-state index in [1.54, 1.807) is 16.9 Å². The van der Waals surface area contributed by atoms with Crippen LogP contribution in [0.1, 0.15) is 26.2 Å². The van der Waals surface area contributed by atoms with Gasteiger partial charge in [-0.05, 0) is 25.8 Å². The summed E-state index contributed by atoms with van der Waals surface area (Å²) in [5.74, 6) is 0. The lowest BCUT2D eigenvalue weighted by molar-refractivity contribution is 0.459. The number of nitrogens with zero attached hydrogens (tertiary/aromatic N) is 3. The van der Waals surface area contributed by atoms with E-state index in [-0.39, 0.29) is 5.56 Å². The van der Waals surface area contributed by atoms with Gasteiger partial charge < -0.3 is 10.2 Å². The molecular weight excluding hydrogens is 228 g/mol. The fourth-order valence-electron chi connectivity index (χ4n) is 2.36. The van der Waals surface area contributed by atoms with E-state index in [9.17, 15) is 4.79 Å². The van der Waals surface area contributed by atoms with Crippen LogP contribution in [0.15, 0.2) is 17.1 Å². The summed E-state index contributed by atoms with van der Waals surface area (Å²) in [6.45, 7) is 4.79.